The van der Waals surface area contributed by atoms with Crippen molar-refractivity contribution in [2.75, 3.05) is 12.3 Å². The number of thiophene rings is 1. The van der Waals surface area contributed by atoms with Crippen LogP contribution in [0.1, 0.15) is 25.3 Å². The van der Waals surface area contributed by atoms with Gasteiger partial charge in [0, 0.05) is 6.54 Å². The van der Waals surface area contributed by atoms with Crippen LogP contribution in [0.4, 0.5) is 0 Å². The van der Waals surface area contributed by atoms with Gasteiger partial charge in [-0.1, -0.05) is 13.3 Å². The van der Waals surface area contributed by atoms with Crippen LogP contribution in [0.5, 0.6) is 0 Å². The van der Waals surface area contributed by atoms with Crippen LogP contribution >= 0.6 is 11.3 Å². The number of unbranched alkanes of at least 4 members (excludes halogenated alkanes) is 1. The van der Waals surface area contributed by atoms with Gasteiger partial charge in [0.15, 0.2) is 0 Å². The molecule has 0 bridgehead atoms. The van der Waals surface area contributed by atoms with E-state index >= 15 is 0 Å². The molecule has 0 fully saturated rings. The summed E-state index contributed by atoms with van der Waals surface area (Å²) in [6, 6.07) is 2.02. The van der Waals surface area contributed by atoms with Crippen molar-refractivity contribution in [2.24, 2.45) is 0 Å². The number of hydrogen-bond donors (Lipinski definition) is 1. The zero-order valence-electron chi connectivity index (χ0n) is 8.90. The van der Waals surface area contributed by atoms with Crippen LogP contribution in [0.3, 0.4) is 0 Å². The average molecular weight is 247 g/mol. The largest absolute Gasteiger partial charge is 0.215 e. The second-order valence-corrected chi connectivity index (χ2v) is 6.15. The maximum atomic E-state index is 11.4. The molecule has 1 heterocycles. The van der Waals surface area contributed by atoms with E-state index in [1.165, 1.54) is 5.56 Å². The minimum atomic E-state index is -3.04. The van der Waals surface area contributed by atoms with Crippen LogP contribution in [0.25, 0.3) is 0 Å². The third-order valence-corrected chi connectivity index (χ3v) is 4.28. The minimum absolute atomic E-state index is 0.243. The predicted octanol–water partition coefficient (Wildman–Crippen LogP) is 2.01. The Hall–Kier alpha value is -0.390. The molecule has 3 nitrogen and oxygen atoms in total. The summed E-state index contributed by atoms with van der Waals surface area (Å²) in [6.45, 7) is 2.49. The van der Waals surface area contributed by atoms with Gasteiger partial charge in [0.2, 0.25) is 10.0 Å². The highest BCUT2D eigenvalue weighted by molar-refractivity contribution is 7.89. The van der Waals surface area contributed by atoms with Crippen molar-refractivity contribution < 1.29 is 8.42 Å². The van der Waals surface area contributed by atoms with Crippen molar-refractivity contribution >= 4 is 21.4 Å². The molecule has 0 atom stereocenters. The zero-order valence-corrected chi connectivity index (χ0v) is 10.5. The molecule has 0 unspecified atom stereocenters. The maximum absolute atomic E-state index is 11.4. The highest BCUT2D eigenvalue weighted by Gasteiger charge is 2.07. The Bertz CT molecular complexity index is 357. The highest BCUT2D eigenvalue weighted by atomic mass is 32.2. The Balaban J connectivity index is 2.24. The molecule has 15 heavy (non-hydrogen) atoms. The van der Waals surface area contributed by atoms with Gasteiger partial charge in [-0.05, 0) is 35.2 Å². The number of sulfonamides is 1. The summed E-state index contributed by atoms with van der Waals surface area (Å²) in [5.74, 6) is 0.243. The molecule has 1 aromatic rings. The van der Waals surface area contributed by atoms with E-state index in [1.807, 2.05) is 23.8 Å². The maximum Gasteiger partial charge on any atom is 0.211 e. The van der Waals surface area contributed by atoms with E-state index in [-0.39, 0.29) is 5.75 Å². The van der Waals surface area contributed by atoms with Crippen LogP contribution in [0.2, 0.25) is 0 Å². The lowest BCUT2D eigenvalue weighted by molar-refractivity contribution is 0.578. The molecule has 0 saturated heterocycles. The molecule has 0 aliphatic rings. The van der Waals surface area contributed by atoms with E-state index in [4.69, 9.17) is 0 Å². The lowest BCUT2D eigenvalue weighted by Crippen LogP contribution is -2.28. The van der Waals surface area contributed by atoms with Gasteiger partial charge in [0.05, 0.1) is 5.75 Å². The molecule has 0 saturated carbocycles. The monoisotopic (exact) mass is 247 g/mol. The van der Waals surface area contributed by atoms with Crippen LogP contribution in [0, 0.1) is 0 Å². The zero-order chi connectivity index (χ0) is 11.1. The molecule has 1 aromatic heterocycles. The smallest absolute Gasteiger partial charge is 0.211 e. The second-order valence-electron chi connectivity index (χ2n) is 3.45. The number of rotatable bonds is 7. The summed E-state index contributed by atoms with van der Waals surface area (Å²) >= 11 is 1.63. The molecular formula is C10H17NO2S2. The van der Waals surface area contributed by atoms with Crippen LogP contribution in [-0.4, -0.2) is 20.7 Å². The van der Waals surface area contributed by atoms with Crippen LogP contribution in [-0.2, 0) is 16.4 Å². The lowest BCUT2D eigenvalue weighted by Gasteiger charge is -2.04. The summed E-state index contributed by atoms with van der Waals surface area (Å²) in [7, 11) is -3.04. The molecule has 1 rings (SSSR count). The standard InChI is InChI=1S/C10H17NO2S2/c1-2-3-8-15(12,13)11-6-4-10-5-7-14-9-10/h5,7,9,11H,2-4,6,8H2,1H3. The molecule has 0 spiro atoms. The van der Waals surface area contributed by atoms with E-state index in [1.54, 1.807) is 11.3 Å². The van der Waals surface area contributed by atoms with Crippen molar-refractivity contribution in [2.45, 2.75) is 26.2 Å². The van der Waals surface area contributed by atoms with E-state index in [0.29, 0.717) is 6.54 Å². The number of nitrogens with one attached hydrogen (secondary N) is 1. The molecule has 0 radical (unpaired) electrons. The number of hydrogen-bond acceptors (Lipinski definition) is 3. The van der Waals surface area contributed by atoms with Gasteiger partial charge >= 0.3 is 0 Å². The highest BCUT2D eigenvalue weighted by Crippen LogP contribution is 2.05. The summed E-state index contributed by atoms with van der Waals surface area (Å²) in [4.78, 5) is 0. The van der Waals surface area contributed by atoms with Gasteiger partial charge in [-0.25, -0.2) is 13.1 Å². The third-order valence-electron chi connectivity index (χ3n) is 2.08. The van der Waals surface area contributed by atoms with Gasteiger partial charge in [-0.2, -0.15) is 11.3 Å². The Kier molecular flexibility index (Phi) is 5.28. The van der Waals surface area contributed by atoms with Crippen LogP contribution in [0.15, 0.2) is 16.8 Å². The van der Waals surface area contributed by atoms with Gasteiger partial charge < -0.3 is 0 Å². The van der Waals surface area contributed by atoms with Crippen molar-refractivity contribution in [3.8, 4) is 0 Å². The van der Waals surface area contributed by atoms with Crippen molar-refractivity contribution in [1.29, 1.82) is 0 Å². The topological polar surface area (TPSA) is 46.2 Å². The molecule has 0 aliphatic carbocycles. The first kappa shape index (κ1) is 12.7. The molecule has 0 amide bonds. The Morgan fingerprint density at radius 1 is 1.47 bits per heavy atom. The fraction of sp³-hybridized carbons (Fsp3) is 0.600. The summed E-state index contributed by atoms with van der Waals surface area (Å²) in [6.07, 6.45) is 2.41. The molecule has 86 valence electrons. The van der Waals surface area contributed by atoms with Gasteiger partial charge in [-0.15, -0.1) is 0 Å². The molecule has 0 aliphatic heterocycles. The average Bonchev–Trinajstić information content (AvgIpc) is 2.67. The minimum Gasteiger partial charge on any atom is -0.215 e. The Morgan fingerprint density at radius 2 is 2.27 bits per heavy atom. The Labute approximate surface area is 95.6 Å². The molecule has 0 aromatic carbocycles. The Morgan fingerprint density at radius 3 is 2.87 bits per heavy atom. The SMILES string of the molecule is CCCCS(=O)(=O)NCCc1ccsc1. The van der Waals surface area contributed by atoms with E-state index in [0.717, 1.165) is 19.3 Å². The molecule has 5 heteroatoms. The lowest BCUT2D eigenvalue weighted by atomic mass is 10.2. The molecule has 1 N–H and O–H groups in total. The van der Waals surface area contributed by atoms with Crippen molar-refractivity contribution in [3.63, 3.8) is 0 Å². The van der Waals surface area contributed by atoms with Crippen molar-refractivity contribution in [1.82, 2.24) is 4.72 Å². The van der Waals surface area contributed by atoms with Crippen LogP contribution < -0.4 is 4.72 Å². The molecular weight excluding hydrogens is 230 g/mol. The quantitative estimate of drug-likeness (QED) is 0.801. The summed E-state index contributed by atoms with van der Waals surface area (Å²) in [5, 5.41) is 4.04. The van der Waals surface area contributed by atoms with E-state index in [9.17, 15) is 8.42 Å². The van der Waals surface area contributed by atoms with Gasteiger partial charge in [-0.3, -0.25) is 0 Å². The first-order valence-electron chi connectivity index (χ1n) is 5.12. The van der Waals surface area contributed by atoms with Crippen molar-refractivity contribution in [3.05, 3.63) is 22.4 Å². The predicted molar refractivity (Wildman–Crippen MR) is 64.7 cm³/mol. The fourth-order valence-electron chi connectivity index (χ4n) is 1.19. The first-order valence-corrected chi connectivity index (χ1v) is 7.72. The van der Waals surface area contributed by atoms with E-state index < -0.39 is 10.0 Å². The summed E-state index contributed by atoms with van der Waals surface area (Å²) in [5.41, 5.74) is 1.19. The van der Waals surface area contributed by atoms with Gasteiger partial charge in [0.1, 0.15) is 0 Å². The van der Waals surface area contributed by atoms with E-state index in [2.05, 4.69) is 4.72 Å². The van der Waals surface area contributed by atoms with Gasteiger partial charge in [0.25, 0.3) is 0 Å². The fourth-order valence-corrected chi connectivity index (χ4v) is 3.12. The third kappa shape index (κ3) is 5.30. The second kappa shape index (κ2) is 6.25. The summed E-state index contributed by atoms with van der Waals surface area (Å²) < 4.78 is 25.4. The normalized spacial score (nSPS) is 11.8. The first-order chi connectivity index (χ1) is 7.14.